The highest BCUT2D eigenvalue weighted by atomic mass is 16.6. The molecule has 0 aromatic carbocycles. The van der Waals surface area contributed by atoms with Crippen LogP contribution in [0.2, 0.25) is 0 Å². The molecule has 224 valence electrons. The molecule has 1 saturated heterocycles. The van der Waals surface area contributed by atoms with Crippen molar-refractivity contribution < 1.29 is 42.5 Å². The zero-order chi connectivity index (χ0) is 30.1. The molecule has 9 atom stereocenters. The minimum absolute atomic E-state index is 0.0263. The van der Waals surface area contributed by atoms with Crippen LogP contribution in [0.15, 0.2) is 34.7 Å². The Morgan fingerprint density at radius 3 is 1.95 bits per heavy atom. The Balaban J connectivity index is 1.75. The summed E-state index contributed by atoms with van der Waals surface area (Å²) in [6, 6.07) is 1.95. The van der Waals surface area contributed by atoms with Gasteiger partial charge in [0.15, 0.2) is 0 Å². The van der Waals surface area contributed by atoms with Gasteiger partial charge in [0.05, 0.1) is 18.9 Å². The lowest BCUT2D eigenvalue weighted by Crippen LogP contribution is -2.69. The van der Waals surface area contributed by atoms with Gasteiger partial charge in [-0.3, -0.25) is 19.2 Å². The maximum Gasteiger partial charge on any atom is 0.310 e. The number of cyclic esters (lactones) is 1. The lowest BCUT2D eigenvalue weighted by atomic mass is 9.39. The zero-order valence-corrected chi connectivity index (χ0v) is 25.3. The SMILES string of the molecule is CC(=O)O[C@H]1C[C@H]2[C@](C)(C3=CC[C@@H](c4ccoc4)[C@@]31C)[C@H](OC(C)=O)C[C@H]1C(C)(C)OC(=O)C[C@H](OC(C)=O)[C@@]12C. The smallest absolute Gasteiger partial charge is 0.310 e. The van der Waals surface area contributed by atoms with E-state index in [1.807, 2.05) is 19.9 Å². The molecule has 4 aliphatic rings. The quantitative estimate of drug-likeness (QED) is 0.271. The summed E-state index contributed by atoms with van der Waals surface area (Å²) >= 11 is 0. The average Bonchev–Trinajstić information content (AvgIpc) is 3.47. The minimum atomic E-state index is -0.943. The summed E-state index contributed by atoms with van der Waals surface area (Å²) < 4.78 is 29.8. The molecule has 1 aliphatic heterocycles. The van der Waals surface area contributed by atoms with E-state index in [1.54, 1.807) is 12.5 Å². The van der Waals surface area contributed by atoms with Crippen molar-refractivity contribution in [3.05, 3.63) is 35.8 Å². The van der Waals surface area contributed by atoms with Gasteiger partial charge < -0.3 is 23.4 Å². The van der Waals surface area contributed by atoms with Gasteiger partial charge >= 0.3 is 23.9 Å². The van der Waals surface area contributed by atoms with Crippen LogP contribution in [0.3, 0.4) is 0 Å². The van der Waals surface area contributed by atoms with Gasteiger partial charge in [0.2, 0.25) is 0 Å². The first-order valence-corrected chi connectivity index (χ1v) is 14.5. The number of esters is 4. The molecule has 3 aliphatic carbocycles. The summed E-state index contributed by atoms with van der Waals surface area (Å²) in [7, 11) is 0. The predicted molar refractivity (Wildman–Crippen MR) is 146 cm³/mol. The van der Waals surface area contributed by atoms with Crippen LogP contribution in [0.4, 0.5) is 0 Å². The van der Waals surface area contributed by atoms with Gasteiger partial charge in [-0.05, 0) is 50.7 Å². The van der Waals surface area contributed by atoms with Crippen molar-refractivity contribution in [3.8, 4) is 0 Å². The summed E-state index contributed by atoms with van der Waals surface area (Å²) in [4.78, 5) is 50.8. The fourth-order valence-electron chi connectivity index (χ4n) is 9.56. The van der Waals surface area contributed by atoms with Crippen molar-refractivity contribution in [2.75, 3.05) is 0 Å². The Bertz CT molecular complexity index is 1280. The van der Waals surface area contributed by atoms with Crippen LogP contribution in [-0.4, -0.2) is 47.8 Å². The molecule has 0 spiro atoms. The highest BCUT2D eigenvalue weighted by Crippen LogP contribution is 2.73. The van der Waals surface area contributed by atoms with Crippen LogP contribution in [0, 0.1) is 28.1 Å². The molecule has 2 heterocycles. The van der Waals surface area contributed by atoms with Crippen molar-refractivity contribution in [2.45, 2.75) is 111 Å². The highest BCUT2D eigenvalue weighted by Gasteiger charge is 2.73. The third-order valence-corrected chi connectivity index (χ3v) is 11.0. The van der Waals surface area contributed by atoms with E-state index in [-0.39, 0.29) is 30.1 Å². The number of furan rings is 1. The molecule has 41 heavy (non-hydrogen) atoms. The van der Waals surface area contributed by atoms with Gasteiger partial charge in [-0.2, -0.15) is 0 Å². The van der Waals surface area contributed by atoms with Gasteiger partial charge in [-0.25, -0.2) is 0 Å². The Morgan fingerprint density at radius 1 is 0.829 bits per heavy atom. The predicted octanol–water partition coefficient (Wildman–Crippen LogP) is 5.27. The number of rotatable bonds is 4. The van der Waals surface area contributed by atoms with E-state index >= 15 is 0 Å². The van der Waals surface area contributed by atoms with E-state index in [1.165, 1.54) is 20.8 Å². The normalized spacial score (nSPS) is 41.0. The van der Waals surface area contributed by atoms with E-state index in [4.69, 9.17) is 23.4 Å². The minimum Gasteiger partial charge on any atom is -0.472 e. The van der Waals surface area contributed by atoms with Gasteiger partial charge in [-0.1, -0.05) is 32.4 Å². The molecule has 0 unspecified atom stereocenters. The second-order valence-corrected chi connectivity index (χ2v) is 13.5. The van der Waals surface area contributed by atoms with Gasteiger partial charge in [0.25, 0.3) is 0 Å². The third-order valence-electron chi connectivity index (χ3n) is 11.0. The van der Waals surface area contributed by atoms with E-state index in [0.717, 1.165) is 11.1 Å². The zero-order valence-electron chi connectivity index (χ0n) is 25.3. The lowest BCUT2D eigenvalue weighted by molar-refractivity contribution is -0.238. The molecule has 9 nitrogen and oxygen atoms in total. The maximum atomic E-state index is 13.1. The molecule has 1 aromatic rings. The van der Waals surface area contributed by atoms with E-state index in [0.29, 0.717) is 19.3 Å². The van der Waals surface area contributed by atoms with E-state index in [9.17, 15) is 19.2 Å². The van der Waals surface area contributed by atoms with Gasteiger partial charge in [0, 0.05) is 48.9 Å². The number of carbonyl (C=O) groups is 4. The standard InChI is InChI=1S/C32H42O9/c1-17(33)38-25-14-24-31(7,22-10-9-21(30(22,25)6)20-11-12-37-16-20)26(39-18(2)34)13-23-29(4,5)41-28(36)15-27(32(23,24)8)40-19(3)35/h10-12,16,21,23-27H,9,13-15H2,1-8H3/t21-,23-,24-,25-,26+,27-,30-,31-,32-/m0/s1. The van der Waals surface area contributed by atoms with Crippen LogP contribution in [0.5, 0.6) is 0 Å². The van der Waals surface area contributed by atoms with Crippen LogP contribution < -0.4 is 0 Å². The number of hydrogen-bond donors (Lipinski definition) is 0. The summed E-state index contributed by atoms with van der Waals surface area (Å²) in [6.07, 6.45) is 5.17. The molecule has 0 radical (unpaired) electrons. The molecule has 2 saturated carbocycles. The molecule has 0 N–H and O–H groups in total. The van der Waals surface area contributed by atoms with Gasteiger partial charge in [0.1, 0.15) is 23.9 Å². The first kappa shape index (κ1) is 29.4. The summed E-state index contributed by atoms with van der Waals surface area (Å²) in [6.45, 7) is 14.2. The molecule has 0 amide bonds. The molecular formula is C32H42O9. The number of ether oxygens (including phenoxy) is 4. The monoisotopic (exact) mass is 570 g/mol. The summed E-state index contributed by atoms with van der Waals surface area (Å²) in [5.41, 5.74) is -1.01. The first-order chi connectivity index (χ1) is 19.1. The summed E-state index contributed by atoms with van der Waals surface area (Å²) in [5.74, 6) is -2.37. The fourth-order valence-corrected chi connectivity index (χ4v) is 9.56. The average molecular weight is 571 g/mol. The molecule has 9 heteroatoms. The largest absolute Gasteiger partial charge is 0.472 e. The van der Waals surface area contributed by atoms with Crippen molar-refractivity contribution in [2.24, 2.45) is 28.1 Å². The van der Waals surface area contributed by atoms with Crippen LogP contribution >= 0.6 is 0 Å². The van der Waals surface area contributed by atoms with E-state index in [2.05, 4.69) is 26.8 Å². The van der Waals surface area contributed by atoms with Crippen LogP contribution in [0.25, 0.3) is 0 Å². The first-order valence-electron chi connectivity index (χ1n) is 14.5. The van der Waals surface area contributed by atoms with Crippen molar-refractivity contribution in [1.82, 2.24) is 0 Å². The Hall–Kier alpha value is -3.10. The maximum absolute atomic E-state index is 13.1. The molecule has 3 fully saturated rings. The molecular weight excluding hydrogens is 528 g/mol. The topological polar surface area (TPSA) is 118 Å². The number of allylic oxidation sites excluding steroid dienone is 1. The Morgan fingerprint density at radius 2 is 1.39 bits per heavy atom. The second-order valence-electron chi connectivity index (χ2n) is 13.5. The molecule has 1 aromatic heterocycles. The van der Waals surface area contributed by atoms with Crippen molar-refractivity contribution in [1.29, 1.82) is 0 Å². The van der Waals surface area contributed by atoms with Crippen molar-refractivity contribution in [3.63, 3.8) is 0 Å². The lowest BCUT2D eigenvalue weighted by Gasteiger charge is -2.67. The number of carbonyl (C=O) groups excluding carboxylic acids is 4. The van der Waals surface area contributed by atoms with Crippen molar-refractivity contribution >= 4 is 23.9 Å². The van der Waals surface area contributed by atoms with E-state index < -0.39 is 58.1 Å². The fraction of sp³-hybridized carbons (Fsp3) is 0.688. The Kier molecular flexibility index (Phi) is 6.98. The van der Waals surface area contributed by atoms with Gasteiger partial charge in [-0.15, -0.1) is 0 Å². The molecule has 5 rings (SSSR count). The van der Waals surface area contributed by atoms with Crippen LogP contribution in [-0.2, 0) is 38.1 Å². The second kappa shape index (κ2) is 9.73. The summed E-state index contributed by atoms with van der Waals surface area (Å²) in [5, 5.41) is 0. The van der Waals surface area contributed by atoms with Crippen LogP contribution in [0.1, 0.15) is 92.6 Å². The number of hydrogen-bond acceptors (Lipinski definition) is 9. The third kappa shape index (κ3) is 4.33. The molecule has 0 bridgehead atoms. The highest BCUT2D eigenvalue weighted by molar-refractivity contribution is 5.73. The Labute approximate surface area is 241 Å². The number of fused-ring (bicyclic) bond motifs is 5.